The highest BCUT2D eigenvalue weighted by Crippen LogP contribution is 2.16. The van der Waals surface area contributed by atoms with Gasteiger partial charge in [0.1, 0.15) is 11.3 Å². The zero-order chi connectivity index (χ0) is 17.9. The predicted octanol–water partition coefficient (Wildman–Crippen LogP) is 1.62. The molecule has 2 N–H and O–H groups in total. The van der Waals surface area contributed by atoms with Gasteiger partial charge < -0.3 is 9.84 Å². The summed E-state index contributed by atoms with van der Waals surface area (Å²) >= 11 is 0. The highest BCUT2D eigenvalue weighted by Gasteiger charge is 2.18. The SMILES string of the molecule is Cc1ccc(C)c(S(=O)(=O)NCCNC(=O)c2c(C)noc2C)c1. The maximum absolute atomic E-state index is 12.3. The Labute approximate surface area is 141 Å². The fourth-order valence-electron chi connectivity index (χ4n) is 2.33. The van der Waals surface area contributed by atoms with Crippen LogP contribution in [0.1, 0.15) is 32.9 Å². The van der Waals surface area contributed by atoms with Crippen molar-refractivity contribution in [2.24, 2.45) is 0 Å². The summed E-state index contributed by atoms with van der Waals surface area (Å²) in [5.74, 6) is 0.0955. The fraction of sp³-hybridized carbons (Fsp3) is 0.375. The zero-order valence-electron chi connectivity index (χ0n) is 14.1. The molecular weight excluding hydrogens is 330 g/mol. The van der Waals surface area contributed by atoms with Gasteiger partial charge in [0, 0.05) is 13.1 Å². The lowest BCUT2D eigenvalue weighted by Crippen LogP contribution is -2.35. The number of sulfonamides is 1. The van der Waals surface area contributed by atoms with Crippen molar-refractivity contribution in [3.8, 4) is 0 Å². The lowest BCUT2D eigenvalue weighted by Gasteiger charge is -2.10. The second kappa shape index (κ2) is 7.14. The van der Waals surface area contributed by atoms with Crippen molar-refractivity contribution in [2.45, 2.75) is 32.6 Å². The van der Waals surface area contributed by atoms with Crippen LogP contribution in [0.5, 0.6) is 0 Å². The molecule has 24 heavy (non-hydrogen) atoms. The number of aromatic nitrogens is 1. The number of nitrogens with zero attached hydrogens (tertiary/aromatic N) is 1. The van der Waals surface area contributed by atoms with Crippen LogP contribution in [0.2, 0.25) is 0 Å². The summed E-state index contributed by atoms with van der Waals surface area (Å²) in [6, 6.07) is 5.25. The standard InChI is InChI=1S/C16H21N3O4S/c1-10-5-6-11(2)14(9-10)24(21,22)18-8-7-17-16(20)15-12(3)19-23-13(15)4/h5-6,9,18H,7-8H2,1-4H3,(H,17,20). The molecule has 1 aromatic heterocycles. The van der Waals surface area contributed by atoms with E-state index < -0.39 is 10.0 Å². The van der Waals surface area contributed by atoms with Gasteiger partial charge in [0.05, 0.1) is 10.6 Å². The minimum atomic E-state index is -3.61. The molecule has 8 heteroatoms. The molecule has 0 spiro atoms. The number of aryl methyl sites for hydroxylation is 4. The van der Waals surface area contributed by atoms with Gasteiger partial charge in [-0.25, -0.2) is 13.1 Å². The van der Waals surface area contributed by atoms with E-state index in [-0.39, 0.29) is 23.9 Å². The van der Waals surface area contributed by atoms with E-state index in [1.54, 1.807) is 32.9 Å². The Morgan fingerprint density at radius 3 is 2.50 bits per heavy atom. The van der Waals surface area contributed by atoms with Gasteiger partial charge in [0.15, 0.2) is 0 Å². The first kappa shape index (κ1) is 18.2. The highest BCUT2D eigenvalue weighted by molar-refractivity contribution is 7.89. The van der Waals surface area contributed by atoms with Crippen LogP contribution in [0.3, 0.4) is 0 Å². The summed E-state index contributed by atoms with van der Waals surface area (Å²) in [6.07, 6.45) is 0. The molecule has 2 rings (SSSR count). The van der Waals surface area contributed by atoms with E-state index in [0.717, 1.165) is 5.56 Å². The molecule has 0 fully saturated rings. The van der Waals surface area contributed by atoms with Gasteiger partial charge in [-0.3, -0.25) is 4.79 Å². The third-order valence-electron chi connectivity index (χ3n) is 3.60. The number of nitrogens with one attached hydrogen (secondary N) is 2. The first-order valence-corrected chi connectivity index (χ1v) is 8.98. The molecule has 0 radical (unpaired) electrons. The number of carbonyl (C=O) groups is 1. The van der Waals surface area contributed by atoms with Crippen molar-refractivity contribution in [3.63, 3.8) is 0 Å². The molecule has 130 valence electrons. The zero-order valence-corrected chi connectivity index (χ0v) is 15.0. The molecular formula is C16H21N3O4S. The summed E-state index contributed by atoms with van der Waals surface area (Å²) in [5.41, 5.74) is 2.42. The van der Waals surface area contributed by atoms with Crippen LogP contribution < -0.4 is 10.0 Å². The van der Waals surface area contributed by atoms with E-state index in [2.05, 4.69) is 15.2 Å². The van der Waals surface area contributed by atoms with Gasteiger partial charge >= 0.3 is 0 Å². The number of amides is 1. The number of rotatable bonds is 6. The van der Waals surface area contributed by atoms with Gasteiger partial charge in [0.25, 0.3) is 5.91 Å². The Hall–Kier alpha value is -2.19. The van der Waals surface area contributed by atoms with Crippen molar-refractivity contribution in [1.29, 1.82) is 0 Å². The maximum atomic E-state index is 12.3. The van der Waals surface area contributed by atoms with Gasteiger partial charge in [0.2, 0.25) is 10.0 Å². The van der Waals surface area contributed by atoms with E-state index in [0.29, 0.717) is 22.6 Å². The Morgan fingerprint density at radius 2 is 1.88 bits per heavy atom. The van der Waals surface area contributed by atoms with Crippen LogP contribution in [0, 0.1) is 27.7 Å². The molecule has 0 atom stereocenters. The molecule has 0 saturated heterocycles. The topological polar surface area (TPSA) is 101 Å². The van der Waals surface area contributed by atoms with Crippen LogP contribution in [0.4, 0.5) is 0 Å². The third-order valence-corrected chi connectivity index (χ3v) is 5.20. The molecule has 0 aliphatic carbocycles. The van der Waals surface area contributed by atoms with Crippen molar-refractivity contribution in [2.75, 3.05) is 13.1 Å². The molecule has 7 nitrogen and oxygen atoms in total. The molecule has 1 aromatic carbocycles. The number of benzene rings is 1. The normalized spacial score (nSPS) is 11.5. The van der Waals surface area contributed by atoms with Crippen LogP contribution in [0.15, 0.2) is 27.6 Å². The Morgan fingerprint density at radius 1 is 1.17 bits per heavy atom. The average molecular weight is 351 g/mol. The lowest BCUT2D eigenvalue weighted by atomic mass is 10.2. The number of hydrogen-bond donors (Lipinski definition) is 2. The molecule has 0 unspecified atom stereocenters. The third kappa shape index (κ3) is 4.01. The largest absolute Gasteiger partial charge is 0.361 e. The monoisotopic (exact) mass is 351 g/mol. The van der Waals surface area contributed by atoms with Crippen LogP contribution in [-0.4, -0.2) is 32.6 Å². The van der Waals surface area contributed by atoms with Crippen molar-refractivity contribution >= 4 is 15.9 Å². The van der Waals surface area contributed by atoms with Crippen molar-refractivity contribution in [1.82, 2.24) is 15.2 Å². The summed E-state index contributed by atoms with van der Waals surface area (Å²) in [5, 5.41) is 6.37. The van der Waals surface area contributed by atoms with Gasteiger partial charge in [-0.15, -0.1) is 0 Å². The van der Waals surface area contributed by atoms with Gasteiger partial charge in [-0.2, -0.15) is 0 Å². The van der Waals surface area contributed by atoms with E-state index in [1.165, 1.54) is 0 Å². The Bertz CT molecular complexity index is 837. The summed E-state index contributed by atoms with van der Waals surface area (Å²) in [4.78, 5) is 12.3. The number of carbonyl (C=O) groups excluding carboxylic acids is 1. The first-order valence-electron chi connectivity index (χ1n) is 7.50. The molecule has 0 aliphatic heterocycles. The summed E-state index contributed by atoms with van der Waals surface area (Å²) < 4.78 is 32.1. The molecule has 2 aromatic rings. The summed E-state index contributed by atoms with van der Waals surface area (Å²) in [6.45, 7) is 7.15. The van der Waals surface area contributed by atoms with Crippen molar-refractivity contribution in [3.05, 3.63) is 46.3 Å². The molecule has 0 aliphatic rings. The minimum absolute atomic E-state index is 0.0881. The summed E-state index contributed by atoms with van der Waals surface area (Å²) in [7, 11) is -3.61. The quantitative estimate of drug-likeness (QED) is 0.770. The first-order chi connectivity index (χ1) is 11.2. The Kier molecular flexibility index (Phi) is 5.40. The van der Waals surface area contributed by atoms with Gasteiger partial charge in [-0.05, 0) is 44.9 Å². The van der Waals surface area contributed by atoms with Crippen LogP contribution in [0.25, 0.3) is 0 Å². The fourth-order valence-corrected chi connectivity index (χ4v) is 3.69. The van der Waals surface area contributed by atoms with E-state index in [1.807, 2.05) is 13.0 Å². The minimum Gasteiger partial charge on any atom is -0.361 e. The molecule has 1 amide bonds. The van der Waals surface area contributed by atoms with Crippen LogP contribution in [-0.2, 0) is 10.0 Å². The second-order valence-electron chi connectivity index (χ2n) is 5.62. The lowest BCUT2D eigenvalue weighted by molar-refractivity contribution is 0.0952. The highest BCUT2D eigenvalue weighted by atomic mass is 32.2. The number of hydrogen-bond acceptors (Lipinski definition) is 5. The molecule has 0 saturated carbocycles. The van der Waals surface area contributed by atoms with E-state index >= 15 is 0 Å². The van der Waals surface area contributed by atoms with Crippen LogP contribution >= 0.6 is 0 Å². The molecule has 0 bridgehead atoms. The second-order valence-corrected chi connectivity index (χ2v) is 7.36. The van der Waals surface area contributed by atoms with E-state index in [4.69, 9.17) is 4.52 Å². The smallest absolute Gasteiger partial charge is 0.256 e. The molecule has 1 heterocycles. The van der Waals surface area contributed by atoms with Gasteiger partial charge in [-0.1, -0.05) is 17.3 Å². The van der Waals surface area contributed by atoms with Crippen molar-refractivity contribution < 1.29 is 17.7 Å². The van der Waals surface area contributed by atoms with E-state index in [9.17, 15) is 13.2 Å². The average Bonchev–Trinajstić information content (AvgIpc) is 2.85. The maximum Gasteiger partial charge on any atom is 0.256 e. The Balaban J connectivity index is 1.94. The predicted molar refractivity (Wildman–Crippen MR) is 89.4 cm³/mol.